The van der Waals surface area contributed by atoms with Crippen LogP contribution >= 0.6 is 0 Å². The first-order valence-electron chi connectivity index (χ1n) is 6.96. The molecule has 1 fully saturated rings. The number of amides is 1. The lowest BCUT2D eigenvalue weighted by Gasteiger charge is -2.37. The SMILES string of the molecule is CC(=O)N1CCN(c2cc(C)c(F)cc2[C@@H](C)N)CC1. The number of benzene rings is 1. The zero-order valence-corrected chi connectivity index (χ0v) is 12.3. The molecule has 20 heavy (non-hydrogen) atoms. The highest BCUT2D eigenvalue weighted by Crippen LogP contribution is 2.29. The Morgan fingerprint density at radius 1 is 1.30 bits per heavy atom. The Labute approximate surface area is 119 Å². The van der Waals surface area contributed by atoms with Gasteiger partial charge in [0.2, 0.25) is 5.91 Å². The van der Waals surface area contributed by atoms with E-state index in [1.807, 2.05) is 17.9 Å². The molecule has 0 bridgehead atoms. The second kappa shape index (κ2) is 5.79. The van der Waals surface area contributed by atoms with Crippen molar-refractivity contribution in [2.45, 2.75) is 26.8 Å². The fourth-order valence-corrected chi connectivity index (χ4v) is 2.58. The summed E-state index contributed by atoms with van der Waals surface area (Å²) in [6.45, 7) is 8.11. The van der Waals surface area contributed by atoms with E-state index >= 15 is 0 Å². The van der Waals surface area contributed by atoms with Gasteiger partial charge in [-0.3, -0.25) is 4.79 Å². The van der Waals surface area contributed by atoms with Crippen LogP contribution in [0.1, 0.15) is 31.0 Å². The van der Waals surface area contributed by atoms with Gasteiger partial charge in [0, 0.05) is 44.8 Å². The number of nitrogens with zero attached hydrogens (tertiary/aromatic N) is 2. The Hall–Kier alpha value is -1.62. The van der Waals surface area contributed by atoms with Crippen LogP contribution < -0.4 is 10.6 Å². The second-order valence-electron chi connectivity index (χ2n) is 5.44. The van der Waals surface area contributed by atoms with E-state index in [2.05, 4.69) is 4.90 Å². The van der Waals surface area contributed by atoms with E-state index in [9.17, 15) is 9.18 Å². The number of halogens is 1. The Balaban J connectivity index is 2.25. The van der Waals surface area contributed by atoms with Crippen LogP contribution in [0.15, 0.2) is 12.1 Å². The summed E-state index contributed by atoms with van der Waals surface area (Å²) in [4.78, 5) is 15.4. The summed E-state index contributed by atoms with van der Waals surface area (Å²) in [5.74, 6) is -0.115. The molecule has 0 spiro atoms. The minimum absolute atomic E-state index is 0.104. The van der Waals surface area contributed by atoms with Gasteiger partial charge in [0.05, 0.1) is 0 Å². The topological polar surface area (TPSA) is 49.6 Å². The van der Waals surface area contributed by atoms with Crippen molar-refractivity contribution >= 4 is 11.6 Å². The van der Waals surface area contributed by atoms with Gasteiger partial charge in [-0.2, -0.15) is 0 Å². The summed E-state index contributed by atoms with van der Waals surface area (Å²) < 4.78 is 13.7. The zero-order chi connectivity index (χ0) is 14.9. The average molecular weight is 279 g/mol. The summed E-state index contributed by atoms with van der Waals surface area (Å²) in [7, 11) is 0. The van der Waals surface area contributed by atoms with Crippen molar-refractivity contribution in [3.63, 3.8) is 0 Å². The molecule has 1 amide bonds. The predicted octanol–water partition coefficient (Wildman–Crippen LogP) is 1.82. The molecular formula is C15H22FN3O. The minimum Gasteiger partial charge on any atom is -0.368 e. The molecule has 0 saturated carbocycles. The van der Waals surface area contributed by atoms with Crippen molar-refractivity contribution in [1.29, 1.82) is 0 Å². The highest BCUT2D eigenvalue weighted by atomic mass is 19.1. The van der Waals surface area contributed by atoms with Gasteiger partial charge in [-0.15, -0.1) is 0 Å². The summed E-state index contributed by atoms with van der Waals surface area (Å²) >= 11 is 0. The Morgan fingerprint density at radius 3 is 2.40 bits per heavy atom. The number of carbonyl (C=O) groups is 1. The standard InChI is InChI=1S/C15H22FN3O/c1-10-8-15(13(11(2)17)9-14(10)16)19-6-4-18(5-7-19)12(3)20/h8-9,11H,4-7,17H2,1-3H3/t11-/m1/s1. The third kappa shape index (κ3) is 2.93. The summed E-state index contributed by atoms with van der Waals surface area (Å²) in [5, 5.41) is 0. The van der Waals surface area contributed by atoms with E-state index in [1.165, 1.54) is 6.07 Å². The Kier molecular flexibility index (Phi) is 4.28. The van der Waals surface area contributed by atoms with E-state index in [4.69, 9.17) is 5.73 Å². The fraction of sp³-hybridized carbons (Fsp3) is 0.533. The highest BCUT2D eigenvalue weighted by molar-refractivity contribution is 5.73. The fourth-order valence-electron chi connectivity index (χ4n) is 2.58. The van der Waals surface area contributed by atoms with Crippen LogP contribution in [-0.2, 0) is 4.79 Å². The minimum atomic E-state index is -0.219. The van der Waals surface area contributed by atoms with Crippen molar-refractivity contribution in [2.75, 3.05) is 31.1 Å². The molecule has 5 heteroatoms. The number of piperazine rings is 1. The molecule has 0 aliphatic carbocycles. The van der Waals surface area contributed by atoms with Crippen LogP contribution in [0.5, 0.6) is 0 Å². The maximum Gasteiger partial charge on any atom is 0.219 e. The van der Waals surface area contributed by atoms with Crippen LogP contribution in [0.4, 0.5) is 10.1 Å². The molecule has 0 radical (unpaired) electrons. The van der Waals surface area contributed by atoms with E-state index in [0.29, 0.717) is 18.7 Å². The maximum atomic E-state index is 13.7. The van der Waals surface area contributed by atoms with E-state index in [0.717, 1.165) is 24.3 Å². The summed E-state index contributed by atoms with van der Waals surface area (Å²) in [6, 6.07) is 3.18. The summed E-state index contributed by atoms with van der Waals surface area (Å²) in [5.41, 5.74) is 8.39. The monoisotopic (exact) mass is 279 g/mol. The molecule has 0 aromatic heterocycles. The third-order valence-electron chi connectivity index (χ3n) is 3.86. The quantitative estimate of drug-likeness (QED) is 0.898. The summed E-state index contributed by atoms with van der Waals surface area (Å²) in [6.07, 6.45) is 0. The van der Waals surface area contributed by atoms with Gasteiger partial charge >= 0.3 is 0 Å². The van der Waals surface area contributed by atoms with Crippen molar-refractivity contribution in [3.8, 4) is 0 Å². The lowest BCUT2D eigenvalue weighted by molar-refractivity contribution is -0.129. The number of carbonyl (C=O) groups excluding carboxylic acids is 1. The second-order valence-corrected chi connectivity index (χ2v) is 5.44. The lowest BCUT2D eigenvalue weighted by Crippen LogP contribution is -2.48. The Bertz CT molecular complexity index is 508. The first kappa shape index (κ1) is 14.8. The first-order chi connectivity index (χ1) is 9.40. The molecule has 4 nitrogen and oxygen atoms in total. The first-order valence-corrected chi connectivity index (χ1v) is 6.96. The smallest absolute Gasteiger partial charge is 0.219 e. The largest absolute Gasteiger partial charge is 0.368 e. The Morgan fingerprint density at radius 2 is 1.90 bits per heavy atom. The molecular weight excluding hydrogens is 257 g/mol. The van der Waals surface area contributed by atoms with E-state index in [-0.39, 0.29) is 17.8 Å². The zero-order valence-electron chi connectivity index (χ0n) is 12.3. The van der Waals surface area contributed by atoms with E-state index < -0.39 is 0 Å². The number of nitrogens with two attached hydrogens (primary N) is 1. The van der Waals surface area contributed by atoms with Gasteiger partial charge in [-0.05, 0) is 37.1 Å². The molecule has 0 unspecified atom stereocenters. The van der Waals surface area contributed by atoms with Gasteiger partial charge < -0.3 is 15.5 Å². The maximum absolute atomic E-state index is 13.7. The lowest BCUT2D eigenvalue weighted by atomic mass is 10.0. The molecule has 1 heterocycles. The van der Waals surface area contributed by atoms with Crippen molar-refractivity contribution < 1.29 is 9.18 Å². The molecule has 1 aromatic rings. The molecule has 1 aromatic carbocycles. The van der Waals surface area contributed by atoms with Crippen molar-refractivity contribution in [1.82, 2.24) is 4.90 Å². The predicted molar refractivity (Wildman–Crippen MR) is 78.2 cm³/mol. The van der Waals surface area contributed by atoms with Gasteiger partial charge in [-0.1, -0.05) is 0 Å². The number of hydrogen-bond acceptors (Lipinski definition) is 3. The number of rotatable bonds is 2. The van der Waals surface area contributed by atoms with E-state index in [1.54, 1.807) is 13.8 Å². The number of aryl methyl sites for hydroxylation is 1. The van der Waals surface area contributed by atoms with Crippen molar-refractivity contribution in [3.05, 3.63) is 29.1 Å². The molecule has 1 aliphatic heterocycles. The average Bonchev–Trinajstić information content (AvgIpc) is 2.41. The van der Waals surface area contributed by atoms with Crippen LogP contribution in [0.25, 0.3) is 0 Å². The number of anilines is 1. The van der Waals surface area contributed by atoms with Crippen molar-refractivity contribution in [2.24, 2.45) is 5.73 Å². The number of hydrogen-bond donors (Lipinski definition) is 1. The molecule has 1 atom stereocenters. The highest BCUT2D eigenvalue weighted by Gasteiger charge is 2.22. The van der Waals surface area contributed by atoms with Gasteiger partial charge in [0.1, 0.15) is 5.82 Å². The van der Waals surface area contributed by atoms with Gasteiger partial charge in [0.15, 0.2) is 0 Å². The van der Waals surface area contributed by atoms with Crippen LogP contribution in [0, 0.1) is 12.7 Å². The third-order valence-corrected chi connectivity index (χ3v) is 3.86. The molecule has 110 valence electrons. The van der Waals surface area contributed by atoms with Crippen LogP contribution in [0.2, 0.25) is 0 Å². The van der Waals surface area contributed by atoms with Gasteiger partial charge in [-0.25, -0.2) is 4.39 Å². The molecule has 1 aliphatic rings. The molecule has 2 N–H and O–H groups in total. The normalized spacial score (nSPS) is 17.2. The molecule has 2 rings (SSSR count). The van der Waals surface area contributed by atoms with Gasteiger partial charge in [0.25, 0.3) is 0 Å². The van der Waals surface area contributed by atoms with Crippen LogP contribution in [-0.4, -0.2) is 37.0 Å². The van der Waals surface area contributed by atoms with Crippen LogP contribution in [0.3, 0.4) is 0 Å². The molecule has 1 saturated heterocycles.